The summed E-state index contributed by atoms with van der Waals surface area (Å²) < 4.78 is 1.93. The van der Waals surface area contributed by atoms with E-state index in [4.69, 9.17) is 4.98 Å². The Hall–Kier alpha value is -4.25. The minimum absolute atomic E-state index is 0.0805. The molecule has 0 radical (unpaired) electrons. The van der Waals surface area contributed by atoms with Gasteiger partial charge in [0.1, 0.15) is 0 Å². The van der Waals surface area contributed by atoms with Crippen LogP contribution in [0.25, 0.3) is 27.8 Å². The van der Waals surface area contributed by atoms with E-state index in [1.54, 1.807) is 0 Å². The average molecular weight is 475 g/mol. The van der Waals surface area contributed by atoms with Gasteiger partial charge in [0.25, 0.3) is 5.91 Å². The number of aryl methyl sites for hydroxylation is 2. The zero-order valence-corrected chi connectivity index (χ0v) is 20.7. The first-order valence-corrected chi connectivity index (χ1v) is 12.5. The van der Waals surface area contributed by atoms with Gasteiger partial charge in [0.05, 0.1) is 34.4 Å². The number of amides is 1. The zero-order chi connectivity index (χ0) is 24.9. The average Bonchev–Trinajstić information content (AvgIpc) is 3.32. The molecular formula is C31H30N4O. The van der Waals surface area contributed by atoms with Gasteiger partial charge in [-0.3, -0.25) is 4.79 Å². The first-order chi connectivity index (χ1) is 17.6. The van der Waals surface area contributed by atoms with E-state index in [1.807, 2.05) is 66.3 Å². The molecule has 0 saturated heterocycles. The predicted octanol–water partition coefficient (Wildman–Crippen LogP) is 6.32. The number of hydrogen-bond donors (Lipinski definition) is 1. The van der Waals surface area contributed by atoms with Gasteiger partial charge in [-0.1, -0.05) is 67.6 Å². The smallest absolute Gasteiger partial charge is 0.252 e. The summed E-state index contributed by atoms with van der Waals surface area (Å²) in [6.45, 7) is 4.80. The maximum absolute atomic E-state index is 13.3. The fourth-order valence-electron chi connectivity index (χ4n) is 4.53. The quantitative estimate of drug-likeness (QED) is 0.268. The summed E-state index contributed by atoms with van der Waals surface area (Å²) in [5.74, 6) is -0.0805. The normalized spacial score (nSPS) is 11.1. The van der Waals surface area contributed by atoms with Crippen LogP contribution in [0, 0.1) is 6.92 Å². The van der Waals surface area contributed by atoms with E-state index in [1.165, 1.54) is 11.1 Å². The Morgan fingerprint density at radius 1 is 0.917 bits per heavy atom. The number of hydrogen-bond acceptors (Lipinski definition) is 3. The fraction of sp³-hybridized carbons (Fsp3) is 0.194. The summed E-state index contributed by atoms with van der Waals surface area (Å²) in [5, 5.41) is 8.60. The molecule has 36 heavy (non-hydrogen) atoms. The fourth-order valence-corrected chi connectivity index (χ4v) is 4.53. The van der Waals surface area contributed by atoms with Crippen molar-refractivity contribution in [2.24, 2.45) is 0 Å². The molecule has 5 heteroatoms. The number of carbonyl (C=O) groups excluding carboxylic acids is 1. The largest absolute Gasteiger partial charge is 0.352 e. The molecule has 0 spiro atoms. The highest BCUT2D eigenvalue weighted by Gasteiger charge is 2.17. The summed E-state index contributed by atoms with van der Waals surface area (Å²) in [5.41, 5.74) is 7.65. The number of rotatable bonds is 8. The summed E-state index contributed by atoms with van der Waals surface area (Å²) in [6.07, 6.45) is 4.65. The predicted molar refractivity (Wildman–Crippen MR) is 146 cm³/mol. The molecule has 0 saturated carbocycles. The van der Waals surface area contributed by atoms with Crippen molar-refractivity contribution in [1.82, 2.24) is 20.1 Å². The monoisotopic (exact) mass is 474 g/mol. The molecule has 0 fully saturated rings. The Morgan fingerprint density at radius 3 is 2.44 bits per heavy atom. The van der Waals surface area contributed by atoms with Crippen molar-refractivity contribution in [2.45, 2.75) is 33.1 Å². The molecule has 0 bridgehead atoms. The summed E-state index contributed by atoms with van der Waals surface area (Å²) in [4.78, 5) is 18.2. The van der Waals surface area contributed by atoms with Crippen LogP contribution in [0.5, 0.6) is 0 Å². The summed E-state index contributed by atoms with van der Waals surface area (Å²) >= 11 is 0. The second-order valence-electron chi connectivity index (χ2n) is 8.99. The van der Waals surface area contributed by atoms with Crippen LogP contribution >= 0.6 is 0 Å². The van der Waals surface area contributed by atoms with Crippen LogP contribution in [0.3, 0.4) is 0 Å². The summed E-state index contributed by atoms with van der Waals surface area (Å²) in [7, 11) is 0. The van der Waals surface area contributed by atoms with E-state index < -0.39 is 0 Å². The van der Waals surface area contributed by atoms with Crippen molar-refractivity contribution in [1.29, 1.82) is 0 Å². The van der Waals surface area contributed by atoms with Gasteiger partial charge in [-0.05, 0) is 61.6 Å². The third kappa shape index (κ3) is 4.91. The SMILES string of the molecule is CCc1ccc(-n2ncc(-c3cc(C(=O)NCCCc4ccccc4)c4ccccc4n3)c2C)cc1. The molecule has 3 aromatic carbocycles. The van der Waals surface area contributed by atoms with E-state index in [-0.39, 0.29) is 5.91 Å². The number of para-hydroxylation sites is 1. The lowest BCUT2D eigenvalue weighted by molar-refractivity contribution is 0.0955. The van der Waals surface area contributed by atoms with Crippen LogP contribution in [0.4, 0.5) is 0 Å². The molecule has 5 nitrogen and oxygen atoms in total. The standard InChI is InChI=1S/C31H30N4O/c1-3-23-15-17-25(18-16-23)35-22(2)28(21-33-35)30-20-27(26-13-7-8-14-29(26)34-30)31(36)32-19-9-12-24-10-5-4-6-11-24/h4-8,10-11,13-18,20-21H,3,9,12,19H2,1-2H3,(H,32,36). The summed E-state index contributed by atoms with van der Waals surface area (Å²) in [6, 6.07) is 28.5. The van der Waals surface area contributed by atoms with Crippen molar-refractivity contribution in [3.05, 3.63) is 114 Å². The Morgan fingerprint density at radius 2 is 1.67 bits per heavy atom. The van der Waals surface area contributed by atoms with Crippen LogP contribution < -0.4 is 5.32 Å². The highest BCUT2D eigenvalue weighted by molar-refractivity contribution is 6.07. The minimum Gasteiger partial charge on any atom is -0.352 e. The van der Waals surface area contributed by atoms with Gasteiger partial charge in [-0.25, -0.2) is 9.67 Å². The van der Waals surface area contributed by atoms with Gasteiger partial charge in [-0.2, -0.15) is 5.10 Å². The number of pyridine rings is 1. The first kappa shape index (κ1) is 23.5. The minimum atomic E-state index is -0.0805. The third-order valence-electron chi connectivity index (χ3n) is 6.61. The van der Waals surface area contributed by atoms with Gasteiger partial charge in [0.15, 0.2) is 0 Å². The second-order valence-corrected chi connectivity index (χ2v) is 8.99. The molecule has 2 heterocycles. The lowest BCUT2D eigenvalue weighted by Crippen LogP contribution is -2.25. The molecule has 1 N–H and O–H groups in total. The number of nitrogens with one attached hydrogen (secondary N) is 1. The lowest BCUT2D eigenvalue weighted by atomic mass is 10.0. The molecule has 0 aliphatic carbocycles. The number of carbonyl (C=O) groups is 1. The van der Waals surface area contributed by atoms with Crippen LogP contribution in [0.1, 0.15) is 40.5 Å². The van der Waals surface area contributed by atoms with Crippen LogP contribution in [-0.4, -0.2) is 27.2 Å². The Labute approximate surface area is 211 Å². The molecule has 5 rings (SSSR count). The molecule has 0 aliphatic rings. The molecule has 0 aliphatic heterocycles. The van der Waals surface area contributed by atoms with Gasteiger partial charge in [0.2, 0.25) is 0 Å². The molecule has 1 amide bonds. The maximum atomic E-state index is 13.3. The molecule has 0 unspecified atom stereocenters. The highest BCUT2D eigenvalue weighted by Crippen LogP contribution is 2.28. The Bertz CT molecular complexity index is 1490. The molecule has 0 atom stereocenters. The van der Waals surface area contributed by atoms with E-state index >= 15 is 0 Å². The number of fused-ring (bicyclic) bond motifs is 1. The molecular weight excluding hydrogens is 444 g/mol. The van der Waals surface area contributed by atoms with Crippen molar-refractivity contribution < 1.29 is 4.79 Å². The Kier molecular flexibility index (Phi) is 6.89. The van der Waals surface area contributed by atoms with Crippen molar-refractivity contribution in [3.63, 3.8) is 0 Å². The van der Waals surface area contributed by atoms with Gasteiger partial charge >= 0.3 is 0 Å². The topological polar surface area (TPSA) is 59.8 Å². The lowest BCUT2D eigenvalue weighted by Gasteiger charge is -2.11. The Balaban J connectivity index is 1.41. The van der Waals surface area contributed by atoms with Gasteiger partial charge in [-0.15, -0.1) is 0 Å². The van der Waals surface area contributed by atoms with Crippen LogP contribution in [0.15, 0.2) is 91.1 Å². The molecule has 180 valence electrons. The number of nitrogens with zero attached hydrogens (tertiary/aromatic N) is 3. The van der Waals surface area contributed by atoms with Crippen LogP contribution in [-0.2, 0) is 12.8 Å². The van der Waals surface area contributed by atoms with Crippen LogP contribution in [0.2, 0.25) is 0 Å². The second kappa shape index (κ2) is 10.6. The van der Waals surface area contributed by atoms with Gasteiger partial charge in [0, 0.05) is 17.5 Å². The maximum Gasteiger partial charge on any atom is 0.252 e. The van der Waals surface area contributed by atoms with Crippen molar-refractivity contribution in [3.8, 4) is 16.9 Å². The van der Waals surface area contributed by atoms with Crippen molar-refractivity contribution >= 4 is 16.8 Å². The molecule has 2 aromatic heterocycles. The van der Waals surface area contributed by atoms with E-state index in [9.17, 15) is 4.79 Å². The number of benzene rings is 3. The first-order valence-electron chi connectivity index (χ1n) is 12.5. The van der Waals surface area contributed by atoms with Crippen molar-refractivity contribution in [2.75, 3.05) is 6.54 Å². The van der Waals surface area contributed by atoms with E-state index in [0.29, 0.717) is 12.1 Å². The van der Waals surface area contributed by atoms with Gasteiger partial charge < -0.3 is 5.32 Å². The highest BCUT2D eigenvalue weighted by atomic mass is 16.1. The molecule has 5 aromatic rings. The van der Waals surface area contributed by atoms with E-state index in [0.717, 1.165) is 52.8 Å². The third-order valence-corrected chi connectivity index (χ3v) is 6.61. The zero-order valence-electron chi connectivity index (χ0n) is 20.7. The van der Waals surface area contributed by atoms with E-state index in [2.05, 4.69) is 53.7 Å². The number of aromatic nitrogens is 3.